The number of urea groups is 1. The number of nitrogens with zero attached hydrogens (tertiary/aromatic N) is 1. The number of carbonyl (C=O) groups is 2. The molecule has 0 aliphatic heterocycles. The van der Waals surface area contributed by atoms with Gasteiger partial charge in [0.05, 0.1) is 17.4 Å². The van der Waals surface area contributed by atoms with Crippen LogP contribution in [0.15, 0.2) is 42.7 Å². The Balaban J connectivity index is 1.91. The zero-order chi connectivity index (χ0) is 15.2. The van der Waals surface area contributed by atoms with Gasteiger partial charge in [0.1, 0.15) is 0 Å². The van der Waals surface area contributed by atoms with Gasteiger partial charge in [0.15, 0.2) is 0 Å². The van der Waals surface area contributed by atoms with Gasteiger partial charge in [0.25, 0.3) is 0 Å². The first-order valence-electron chi connectivity index (χ1n) is 6.33. The molecule has 0 saturated heterocycles. The molecule has 2 aromatic rings. The number of benzene rings is 1. The minimum Gasteiger partial charge on any atom is -0.478 e. The van der Waals surface area contributed by atoms with Crippen LogP contribution >= 0.6 is 0 Å². The molecule has 21 heavy (non-hydrogen) atoms. The molecule has 2 rings (SSSR count). The van der Waals surface area contributed by atoms with Gasteiger partial charge in [-0.05, 0) is 18.6 Å². The van der Waals surface area contributed by atoms with Crippen molar-refractivity contribution in [2.45, 2.75) is 13.5 Å². The van der Waals surface area contributed by atoms with Crippen molar-refractivity contribution >= 4 is 17.7 Å². The van der Waals surface area contributed by atoms with Gasteiger partial charge in [-0.1, -0.05) is 29.8 Å². The lowest BCUT2D eigenvalue weighted by atomic mass is 10.1. The summed E-state index contributed by atoms with van der Waals surface area (Å²) < 4.78 is 0. The molecule has 0 aliphatic carbocycles. The first-order valence-corrected chi connectivity index (χ1v) is 6.33. The van der Waals surface area contributed by atoms with E-state index in [1.165, 1.54) is 18.5 Å². The van der Waals surface area contributed by atoms with E-state index in [0.717, 1.165) is 11.1 Å². The summed E-state index contributed by atoms with van der Waals surface area (Å²) in [5.74, 6) is -1.09. The smallest absolute Gasteiger partial charge is 0.337 e. The van der Waals surface area contributed by atoms with Crippen LogP contribution in [-0.4, -0.2) is 22.1 Å². The minimum absolute atomic E-state index is 0.0198. The number of pyridine rings is 1. The number of carboxylic acids is 1. The Morgan fingerprint density at radius 2 is 1.90 bits per heavy atom. The van der Waals surface area contributed by atoms with Crippen LogP contribution in [0.4, 0.5) is 10.5 Å². The van der Waals surface area contributed by atoms with Crippen molar-refractivity contribution in [2.24, 2.45) is 0 Å². The van der Waals surface area contributed by atoms with Gasteiger partial charge in [-0.2, -0.15) is 0 Å². The minimum atomic E-state index is -1.09. The molecule has 0 atom stereocenters. The lowest BCUT2D eigenvalue weighted by Gasteiger charge is -2.08. The Kier molecular flexibility index (Phi) is 4.50. The monoisotopic (exact) mass is 285 g/mol. The molecule has 0 bridgehead atoms. The van der Waals surface area contributed by atoms with E-state index >= 15 is 0 Å². The predicted molar refractivity (Wildman–Crippen MR) is 78.2 cm³/mol. The number of hydrogen-bond acceptors (Lipinski definition) is 3. The fourth-order valence-corrected chi connectivity index (χ4v) is 1.69. The van der Waals surface area contributed by atoms with Gasteiger partial charge in [0.2, 0.25) is 0 Å². The highest BCUT2D eigenvalue weighted by atomic mass is 16.4. The molecule has 3 N–H and O–H groups in total. The van der Waals surface area contributed by atoms with Crippen LogP contribution < -0.4 is 10.6 Å². The quantitative estimate of drug-likeness (QED) is 0.804. The number of hydrogen-bond donors (Lipinski definition) is 3. The van der Waals surface area contributed by atoms with Gasteiger partial charge in [-0.15, -0.1) is 0 Å². The molecule has 0 radical (unpaired) electrons. The van der Waals surface area contributed by atoms with Crippen LogP contribution in [0, 0.1) is 6.92 Å². The van der Waals surface area contributed by atoms with E-state index in [0.29, 0.717) is 12.2 Å². The Labute approximate surface area is 121 Å². The molecule has 6 heteroatoms. The van der Waals surface area contributed by atoms with Gasteiger partial charge in [-0.3, -0.25) is 4.98 Å². The van der Waals surface area contributed by atoms with Crippen LogP contribution in [0.2, 0.25) is 0 Å². The van der Waals surface area contributed by atoms with Crippen molar-refractivity contribution < 1.29 is 14.7 Å². The lowest BCUT2D eigenvalue weighted by Crippen LogP contribution is -2.28. The number of rotatable bonds is 4. The third-order valence-corrected chi connectivity index (χ3v) is 2.82. The highest BCUT2D eigenvalue weighted by Gasteiger charge is 2.06. The summed E-state index contributed by atoms with van der Waals surface area (Å²) in [6.45, 7) is 2.38. The van der Waals surface area contributed by atoms with Crippen LogP contribution in [0.1, 0.15) is 21.5 Å². The van der Waals surface area contributed by atoms with Crippen LogP contribution in [0.25, 0.3) is 0 Å². The number of aryl methyl sites for hydroxylation is 1. The highest BCUT2D eigenvalue weighted by molar-refractivity contribution is 5.92. The molecule has 1 aromatic carbocycles. The van der Waals surface area contributed by atoms with Gasteiger partial charge in [-0.25, -0.2) is 9.59 Å². The molecule has 1 heterocycles. The van der Waals surface area contributed by atoms with E-state index in [1.54, 1.807) is 0 Å². The molecule has 0 spiro atoms. The molecule has 108 valence electrons. The van der Waals surface area contributed by atoms with Crippen molar-refractivity contribution in [3.63, 3.8) is 0 Å². The largest absolute Gasteiger partial charge is 0.478 e. The maximum Gasteiger partial charge on any atom is 0.337 e. The van der Waals surface area contributed by atoms with Crippen LogP contribution in [0.5, 0.6) is 0 Å². The maximum atomic E-state index is 11.7. The van der Waals surface area contributed by atoms with E-state index in [1.807, 2.05) is 31.2 Å². The molecule has 2 amide bonds. The average molecular weight is 285 g/mol. The average Bonchev–Trinajstić information content (AvgIpc) is 2.47. The number of anilines is 1. The van der Waals surface area contributed by atoms with E-state index in [9.17, 15) is 9.59 Å². The van der Waals surface area contributed by atoms with E-state index < -0.39 is 12.0 Å². The SMILES string of the molecule is Cc1ccc(CNC(=O)Nc2cncc(C(=O)O)c2)cc1. The molecule has 6 nitrogen and oxygen atoms in total. The second kappa shape index (κ2) is 6.51. The maximum absolute atomic E-state index is 11.7. The fraction of sp³-hybridized carbons (Fsp3) is 0.133. The topological polar surface area (TPSA) is 91.3 Å². The Bertz CT molecular complexity index is 653. The Hall–Kier alpha value is -2.89. The number of carbonyl (C=O) groups excluding carboxylic acids is 1. The third-order valence-electron chi connectivity index (χ3n) is 2.82. The van der Waals surface area contributed by atoms with Crippen molar-refractivity contribution in [3.05, 3.63) is 59.4 Å². The molecule has 0 saturated carbocycles. The third kappa shape index (κ3) is 4.31. The summed E-state index contributed by atoms with van der Waals surface area (Å²) >= 11 is 0. The first-order chi connectivity index (χ1) is 10.0. The first kappa shape index (κ1) is 14.5. The zero-order valence-electron chi connectivity index (χ0n) is 11.5. The van der Waals surface area contributed by atoms with Crippen molar-refractivity contribution in [1.29, 1.82) is 0 Å². The standard InChI is InChI=1S/C15H15N3O3/c1-10-2-4-11(5-3-10)7-17-15(21)18-13-6-12(14(19)20)8-16-9-13/h2-6,8-9H,7H2,1H3,(H,19,20)(H2,17,18,21). The van der Waals surface area contributed by atoms with Crippen molar-refractivity contribution in [1.82, 2.24) is 10.3 Å². The normalized spacial score (nSPS) is 9.95. The van der Waals surface area contributed by atoms with Crippen molar-refractivity contribution in [3.8, 4) is 0 Å². The molecular weight excluding hydrogens is 270 g/mol. The summed E-state index contributed by atoms with van der Waals surface area (Å²) in [6, 6.07) is 8.73. The summed E-state index contributed by atoms with van der Waals surface area (Å²) in [7, 11) is 0. The van der Waals surface area contributed by atoms with Crippen LogP contribution in [-0.2, 0) is 6.54 Å². The molecule has 0 aliphatic rings. The summed E-state index contributed by atoms with van der Waals surface area (Å²) in [6.07, 6.45) is 2.61. The van der Waals surface area contributed by atoms with E-state index in [-0.39, 0.29) is 5.56 Å². The van der Waals surface area contributed by atoms with Gasteiger partial charge < -0.3 is 15.7 Å². The van der Waals surface area contributed by atoms with Gasteiger partial charge in [0, 0.05) is 12.7 Å². The summed E-state index contributed by atoms with van der Waals surface area (Å²) in [5.41, 5.74) is 2.48. The molecular formula is C15H15N3O3. The number of aromatic nitrogens is 1. The molecule has 1 aromatic heterocycles. The Morgan fingerprint density at radius 1 is 1.19 bits per heavy atom. The second-order valence-electron chi connectivity index (χ2n) is 4.56. The summed E-state index contributed by atoms with van der Waals surface area (Å²) in [4.78, 5) is 26.3. The summed E-state index contributed by atoms with van der Waals surface area (Å²) in [5, 5.41) is 14.1. The van der Waals surface area contributed by atoms with E-state index in [4.69, 9.17) is 5.11 Å². The fourth-order valence-electron chi connectivity index (χ4n) is 1.69. The number of nitrogens with one attached hydrogen (secondary N) is 2. The molecule has 0 unspecified atom stereocenters. The lowest BCUT2D eigenvalue weighted by molar-refractivity contribution is 0.0696. The van der Waals surface area contributed by atoms with E-state index in [2.05, 4.69) is 15.6 Å². The van der Waals surface area contributed by atoms with Gasteiger partial charge >= 0.3 is 12.0 Å². The van der Waals surface area contributed by atoms with Crippen molar-refractivity contribution in [2.75, 3.05) is 5.32 Å². The van der Waals surface area contributed by atoms with Crippen LogP contribution in [0.3, 0.4) is 0 Å². The second-order valence-corrected chi connectivity index (χ2v) is 4.56. The number of carboxylic acid groups (broad SMARTS) is 1. The highest BCUT2D eigenvalue weighted by Crippen LogP contribution is 2.08. The zero-order valence-corrected chi connectivity index (χ0v) is 11.5. The number of amides is 2. The predicted octanol–water partition coefficient (Wildman–Crippen LogP) is 2.41. The number of aromatic carboxylic acids is 1. The molecule has 0 fully saturated rings. The Morgan fingerprint density at radius 3 is 2.57 bits per heavy atom.